The number of carbonyl (C=O) groups is 2. The van der Waals surface area contributed by atoms with Gasteiger partial charge in [-0.1, -0.05) is 18.2 Å². The molecule has 2 aromatic carbocycles. The third-order valence-corrected chi connectivity index (χ3v) is 6.44. The van der Waals surface area contributed by atoms with Crippen LogP contribution in [-0.4, -0.2) is 73.8 Å². The number of hydrogen-bond donors (Lipinski definition) is 3. The van der Waals surface area contributed by atoms with Crippen molar-refractivity contribution < 1.29 is 42.1 Å². The molecule has 1 aliphatic heterocycles. The molecule has 1 heterocycles. The van der Waals surface area contributed by atoms with E-state index in [2.05, 4.69) is 10.2 Å². The molecule has 1 amide bonds. The van der Waals surface area contributed by atoms with Gasteiger partial charge in [-0.3, -0.25) is 4.79 Å². The minimum Gasteiger partial charge on any atom is -0.480 e. The molecule has 0 aliphatic carbocycles. The van der Waals surface area contributed by atoms with Gasteiger partial charge >= 0.3 is 12.1 Å². The largest absolute Gasteiger partial charge is 0.480 e. The molecular formula is C30H40F3N3O6. The summed E-state index contributed by atoms with van der Waals surface area (Å²) < 4.78 is 54.6. The maximum absolute atomic E-state index is 13.0. The van der Waals surface area contributed by atoms with Gasteiger partial charge in [-0.05, 0) is 76.3 Å². The van der Waals surface area contributed by atoms with E-state index in [1.54, 1.807) is 32.9 Å². The van der Waals surface area contributed by atoms with E-state index < -0.39 is 36.4 Å². The number of nitrogens with one attached hydrogen (secondary N) is 1. The van der Waals surface area contributed by atoms with Gasteiger partial charge in [0.2, 0.25) is 6.10 Å². The van der Waals surface area contributed by atoms with E-state index in [-0.39, 0.29) is 30.7 Å². The summed E-state index contributed by atoms with van der Waals surface area (Å²) in [6, 6.07) is 9.43. The average Bonchev–Trinajstić information content (AvgIpc) is 3.29. The number of esters is 1. The molecule has 0 radical (unpaired) electrons. The lowest BCUT2D eigenvalue weighted by atomic mass is 9.98. The Kier molecular flexibility index (Phi) is 11.1. The van der Waals surface area contributed by atoms with Gasteiger partial charge in [-0.2, -0.15) is 13.2 Å². The van der Waals surface area contributed by atoms with Crippen LogP contribution in [-0.2, 0) is 22.4 Å². The molecule has 0 spiro atoms. The predicted octanol–water partition coefficient (Wildman–Crippen LogP) is 3.78. The van der Waals surface area contributed by atoms with Gasteiger partial charge in [-0.25, -0.2) is 4.79 Å². The van der Waals surface area contributed by atoms with Gasteiger partial charge in [0, 0.05) is 32.3 Å². The van der Waals surface area contributed by atoms with Crippen LogP contribution in [0, 0.1) is 0 Å². The number of amides is 1. The summed E-state index contributed by atoms with van der Waals surface area (Å²) in [6.45, 7) is 6.90. The Morgan fingerprint density at radius 3 is 2.45 bits per heavy atom. The third kappa shape index (κ3) is 9.80. The van der Waals surface area contributed by atoms with Crippen LogP contribution in [0.4, 0.5) is 18.9 Å². The van der Waals surface area contributed by atoms with Crippen molar-refractivity contribution in [2.45, 2.75) is 70.9 Å². The van der Waals surface area contributed by atoms with Crippen LogP contribution in [0.3, 0.4) is 0 Å². The summed E-state index contributed by atoms with van der Waals surface area (Å²) in [7, 11) is 0. The SMILES string of the molecule is CC(Cc1cc2c(c(C(N)=O)c1)N(CCCO)CC2)NCC(Oc1ccccc1OCC(F)(F)F)C(=O)OC(C)(C)C. The van der Waals surface area contributed by atoms with Gasteiger partial charge in [0.05, 0.1) is 11.3 Å². The topological polar surface area (TPSA) is 123 Å². The van der Waals surface area contributed by atoms with E-state index in [0.717, 1.165) is 29.8 Å². The third-order valence-electron chi connectivity index (χ3n) is 6.44. The quantitative estimate of drug-likeness (QED) is 0.282. The highest BCUT2D eigenvalue weighted by Gasteiger charge is 2.31. The Morgan fingerprint density at radius 1 is 1.14 bits per heavy atom. The molecule has 2 atom stereocenters. The first-order valence-corrected chi connectivity index (χ1v) is 13.9. The lowest BCUT2D eigenvalue weighted by molar-refractivity contribution is -0.164. The highest BCUT2D eigenvalue weighted by molar-refractivity contribution is 6.00. The normalized spacial score (nSPS) is 14.7. The second-order valence-electron chi connectivity index (χ2n) is 11.3. The minimum atomic E-state index is -4.54. The number of para-hydroxylation sites is 2. The van der Waals surface area contributed by atoms with Crippen molar-refractivity contribution in [3.8, 4) is 11.5 Å². The zero-order chi connectivity index (χ0) is 31.1. The van der Waals surface area contributed by atoms with E-state index in [0.29, 0.717) is 24.9 Å². The number of alkyl halides is 3. The first kappa shape index (κ1) is 33.0. The van der Waals surface area contributed by atoms with E-state index in [9.17, 15) is 27.9 Å². The van der Waals surface area contributed by atoms with Gasteiger partial charge in [0.15, 0.2) is 18.1 Å². The van der Waals surface area contributed by atoms with Gasteiger partial charge in [0.25, 0.3) is 5.91 Å². The number of ether oxygens (including phenoxy) is 3. The molecule has 42 heavy (non-hydrogen) atoms. The molecule has 4 N–H and O–H groups in total. The second kappa shape index (κ2) is 14.1. The number of fused-ring (bicyclic) bond motifs is 1. The lowest BCUT2D eigenvalue weighted by Crippen LogP contribution is -2.44. The summed E-state index contributed by atoms with van der Waals surface area (Å²) in [5, 5.41) is 12.5. The van der Waals surface area contributed by atoms with Gasteiger partial charge in [0.1, 0.15) is 5.60 Å². The number of anilines is 1. The van der Waals surface area contributed by atoms with E-state index >= 15 is 0 Å². The summed E-state index contributed by atoms with van der Waals surface area (Å²) >= 11 is 0. The fourth-order valence-corrected chi connectivity index (χ4v) is 4.74. The molecule has 232 valence electrons. The number of aliphatic hydroxyl groups is 1. The molecule has 3 rings (SSSR count). The zero-order valence-electron chi connectivity index (χ0n) is 24.4. The molecule has 0 fully saturated rings. The molecule has 2 unspecified atom stereocenters. The Hall–Kier alpha value is -3.51. The average molecular weight is 596 g/mol. The van der Waals surface area contributed by atoms with Crippen molar-refractivity contribution >= 4 is 17.6 Å². The molecule has 12 heteroatoms. The molecule has 0 saturated heterocycles. The van der Waals surface area contributed by atoms with Crippen molar-refractivity contribution in [1.29, 1.82) is 0 Å². The maximum Gasteiger partial charge on any atom is 0.422 e. The van der Waals surface area contributed by atoms with Crippen molar-refractivity contribution in [3.63, 3.8) is 0 Å². The summed E-state index contributed by atoms with van der Waals surface area (Å²) in [6.07, 6.45) is -3.90. The summed E-state index contributed by atoms with van der Waals surface area (Å²) in [5.41, 5.74) is 8.03. The van der Waals surface area contributed by atoms with Crippen molar-refractivity contribution in [1.82, 2.24) is 5.32 Å². The Bertz CT molecular complexity index is 1230. The van der Waals surface area contributed by atoms with Crippen molar-refractivity contribution in [2.24, 2.45) is 5.73 Å². The monoisotopic (exact) mass is 595 g/mol. The number of rotatable bonds is 14. The molecule has 2 aromatic rings. The van der Waals surface area contributed by atoms with Gasteiger partial charge in [-0.15, -0.1) is 0 Å². The highest BCUT2D eigenvalue weighted by Crippen LogP contribution is 2.34. The predicted molar refractivity (Wildman–Crippen MR) is 152 cm³/mol. The fourth-order valence-electron chi connectivity index (χ4n) is 4.74. The first-order chi connectivity index (χ1) is 19.7. The number of carbonyl (C=O) groups excluding carboxylic acids is 2. The number of nitrogens with two attached hydrogens (primary N) is 1. The van der Waals surface area contributed by atoms with E-state index in [1.807, 2.05) is 13.0 Å². The van der Waals surface area contributed by atoms with Crippen LogP contribution >= 0.6 is 0 Å². The molecule has 0 aromatic heterocycles. The smallest absolute Gasteiger partial charge is 0.422 e. The van der Waals surface area contributed by atoms with E-state index in [4.69, 9.17) is 19.9 Å². The second-order valence-corrected chi connectivity index (χ2v) is 11.3. The zero-order valence-corrected chi connectivity index (χ0v) is 24.4. The molecular weight excluding hydrogens is 555 g/mol. The molecule has 1 aliphatic rings. The molecule has 0 bridgehead atoms. The molecule has 9 nitrogen and oxygen atoms in total. The Balaban J connectivity index is 1.74. The summed E-state index contributed by atoms with van der Waals surface area (Å²) in [5.74, 6) is -1.40. The van der Waals surface area contributed by atoms with Crippen LogP contribution in [0.2, 0.25) is 0 Å². The van der Waals surface area contributed by atoms with Crippen LogP contribution in [0.15, 0.2) is 36.4 Å². The number of hydrogen-bond acceptors (Lipinski definition) is 8. The van der Waals surface area contributed by atoms with Crippen LogP contribution in [0.1, 0.15) is 55.6 Å². The number of benzene rings is 2. The minimum absolute atomic E-state index is 0.00770. The lowest BCUT2D eigenvalue weighted by Gasteiger charge is -2.26. The van der Waals surface area contributed by atoms with Crippen LogP contribution < -0.4 is 25.4 Å². The van der Waals surface area contributed by atoms with Crippen LogP contribution in [0.5, 0.6) is 11.5 Å². The maximum atomic E-state index is 13.0. The Morgan fingerprint density at radius 2 is 1.83 bits per heavy atom. The number of halogens is 3. The van der Waals surface area contributed by atoms with Crippen molar-refractivity contribution in [2.75, 3.05) is 37.7 Å². The Labute approximate surface area is 244 Å². The number of nitrogens with zero attached hydrogens (tertiary/aromatic N) is 1. The summed E-state index contributed by atoms with van der Waals surface area (Å²) in [4.78, 5) is 27.4. The first-order valence-electron chi connectivity index (χ1n) is 13.9. The number of aliphatic hydroxyl groups excluding tert-OH is 1. The highest BCUT2D eigenvalue weighted by atomic mass is 19.4. The fraction of sp³-hybridized carbons (Fsp3) is 0.533. The number of primary amides is 1. The van der Waals surface area contributed by atoms with Gasteiger partial charge < -0.3 is 35.3 Å². The standard InChI is InChI=1S/C30H40F3N3O6/c1-19(14-20-15-21-10-12-36(11-7-13-37)26(21)22(16-20)27(34)38)35-17-25(28(39)42-29(2,3)4)41-24-9-6-5-8-23(24)40-18-30(31,32)33/h5-6,8-9,15-16,19,25,35,37H,7,10-14,17-18H2,1-4H3,(H2,34,38). The van der Waals surface area contributed by atoms with E-state index in [1.165, 1.54) is 18.2 Å². The molecule has 0 saturated carbocycles. The van der Waals surface area contributed by atoms with Crippen LogP contribution in [0.25, 0.3) is 0 Å². The van der Waals surface area contributed by atoms with Crippen molar-refractivity contribution in [3.05, 3.63) is 53.1 Å².